The standard InChI is InChI=1S/C45H55FN6O5Si/c1-27(2)58(28(3)4,29(5)6)17-14-31-10-9-11-32-18-35(57-26-55-8)19-36(38(31)32)40-39(46)41-37(21-47-40)42(50-23-33-12-13-34(24-50)52(33)44(53)54)49-43(48-41)56-25-45-15-16-51(45)22-30(7)20-45/h9-11,18-19,21,27-29,33-34H,7,12-13,15-16,20,22-26H2,1-6,8H3,(H,53,54)/t33-,34+,45?. The minimum absolute atomic E-state index is 0.0179. The van der Waals surface area contributed by atoms with Gasteiger partial charge < -0.3 is 24.2 Å². The number of carboxylic acid groups (broad SMARTS) is 1. The van der Waals surface area contributed by atoms with E-state index in [1.807, 2.05) is 24.3 Å². The number of hydrogen-bond acceptors (Lipinski definition) is 9. The van der Waals surface area contributed by atoms with Crippen LogP contribution in [0.15, 0.2) is 48.7 Å². The lowest BCUT2D eigenvalue weighted by Gasteiger charge is -2.47. The molecule has 0 radical (unpaired) electrons. The van der Waals surface area contributed by atoms with Gasteiger partial charge in [0.15, 0.2) is 12.6 Å². The maximum atomic E-state index is 17.7. The largest absolute Gasteiger partial charge is 0.468 e. The van der Waals surface area contributed by atoms with Crippen LogP contribution in [0, 0.1) is 17.3 Å². The lowest BCUT2D eigenvalue weighted by Crippen LogP contribution is -2.59. The topological polar surface area (TPSA) is 113 Å². The predicted molar refractivity (Wildman–Crippen MR) is 228 cm³/mol. The van der Waals surface area contributed by atoms with Crippen molar-refractivity contribution in [1.29, 1.82) is 0 Å². The number of ether oxygens (including phenoxy) is 3. The molecule has 4 fully saturated rings. The van der Waals surface area contributed by atoms with Crippen LogP contribution in [0.25, 0.3) is 32.9 Å². The lowest BCUT2D eigenvalue weighted by molar-refractivity contribution is -0.0132. The van der Waals surface area contributed by atoms with Gasteiger partial charge in [0.2, 0.25) is 0 Å². The maximum absolute atomic E-state index is 17.7. The molecular formula is C45H55FN6O5Si. The van der Waals surface area contributed by atoms with Crippen molar-refractivity contribution in [3.05, 3.63) is 60.1 Å². The van der Waals surface area contributed by atoms with E-state index in [0.29, 0.717) is 58.8 Å². The number of amides is 1. The van der Waals surface area contributed by atoms with Gasteiger partial charge in [0.1, 0.15) is 37.5 Å². The Labute approximate surface area is 341 Å². The van der Waals surface area contributed by atoms with Crippen LogP contribution < -0.4 is 14.4 Å². The van der Waals surface area contributed by atoms with Gasteiger partial charge in [-0.15, -0.1) is 5.54 Å². The van der Waals surface area contributed by atoms with Gasteiger partial charge in [-0.05, 0) is 65.9 Å². The monoisotopic (exact) mass is 806 g/mol. The van der Waals surface area contributed by atoms with E-state index in [4.69, 9.17) is 29.2 Å². The van der Waals surface area contributed by atoms with Crippen LogP contribution in [0.1, 0.15) is 72.8 Å². The zero-order valence-electron chi connectivity index (χ0n) is 34.8. The molecular weight excluding hydrogens is 752 g/mol. The van der Waals surface area contributed by atoms with Crippen LogP contribution in [-0.4, -0.2) is 108 Å². The number of benzene rings is 2. The fourth-order valence-corrected chi connectivity index (χ4v) is 15.9. The first-order valence-electron chi connectivity index (χ1n) is 20.6. The van der Waals surface area contributed by atoms with E-state index in [9.17, 15) is 9.90 Å². The predicted octanol–water partition coefficient (Wildman–Crippen LogP) is 8.65. The highest BCUT2D eigenvalue weighted by atomic mass is 28.3. The molecule has 2 bridgehead atoms. The molecule has 13 heteroatoms. The summed E-state index contributed by atoms with van der Waals surface area (Å²) in [6.45, 7) is 21.0. The molecule has 11 nitrogen and oxygen atoms in total. The molecule has 0 spiro atoms. The van der Waals surface area contributed by atoms with E-state index in [1.54, 1.807) is 24.3 Å². The fraction of sp³-hybridized carbons (Fsp3) is 0.511. The fourth-order valence-electron chi connectivity index (χ4n) is 10.7. The molecule has 1 N–H and O–H groups in total. The number of aromatic nitrogens is 3. The molecule has 2 aromatic carbocycles. The summed E-state index contributed by atoms with van der Waals surface area (Å²) >= 11 is 0. The minimum Gasteiger partial charge on any atom is -0.468 e. The number of hydrogen-bond donors (Lipinski definition) is 1. The molecule has 58 heavy (non-hydrogen) atoms. The summed E-state index contributed by atoms with van der Waals surface area (Å²) < 4.78 is 35.3. The molecule has 4 aromatic rings. The maximum Gasteiger partial charge on any atom is 0.407 e. The van der Waals surface area contributed by atoms with Gasteiger partial charge in [0.25, 0.3) is 0 Å². The van der Waals surface area contributed by atoms with Crippen molar-refractivity contribution in [2.45, 2.75) is 101 Å². The first-order chi connectivity index (χ1) is 27.8. The number of piperazine rings is 1. The first-order valence-corrected chi connectivity index (χ1v) is 22.9. The Bertz CT molecular complexity index is 2310. The molecule has 3 atom stereocenters. The van der Waals surface area contributed by atoms with Crippen LogP contribution in [0.4, 0.5) is 15.0 Å². The second-order valence-electron chi connectivity index (χ2n) is 17.7. The highest BCUT2D eigenvalue weighted by Gasteiger charge is 2.50. The number of fused-ring (bicyclic) bond motifs is 5. The molecule has 4 aliphatic heterocycles. The Hall–Kier alpha value is -4.77. The van der Waals surface area contributed by atoms with Crippen LogP contribution in [0.3, 0.4) is 0 Å². The molecule has 2 aromatic heterocycles. The van der Waals surface area contributed by atoms with Crippen LogP contribution >= 0.6 is 0 Å². The summed E-state index contributed by atoms with van der Waals surface area (Å²) in [7, 11) is -0.555. The van der Waals surface area contributed by atoms with Crippen molar-refractivity contribution >= 4 is 41.7 Å². The summed E-state index contributed by atoms with van der Waals surface area (Å²) in [5, 5.41) is 12.0. The minimum atomic E-state index is -2.11. The molecule has 1 unspecified atom stereocenters. The number of carbonyl (C=O) groups is 1. The van der Waals surface area contributed by atoms with Crippen LogP contribution in [0.5, 0.6) is 11.8 Å². The third kappa shape index (κ3) is 6.76. The zero-order valence-corrected chi connectivity index (χ0v) is 35.8. The molecule has 0 aliphatic carbocycles. The average molecular weight is 807 g/mol. The Morgan fingerprint density at radius 3 is 2.41 bits per heavy atom. The first kappa shape index (κ1) is 40.0. The summed E-state index contributed by atoms with van der Waals surface area (Å²) in [4.78, 5) is 32.7. The van der Waals surface area contributed by atoms with Crippen molar-refractivity contribution in [2.75, 3.05) is 51.6 Å². The number of anilines is 1. The van der Waals surface area contributed by atoms with Crippen molar-refractivity contribution in [2.24, 2.45) is 0 Å². The van der Waals surface area contributed by atoms with E-state index in [0.717, 1.165) is 55.1 Å². The van der Waals surface area contributed by atoms with Crippen molar-refractivity contribution < 1.29 is 28.5 Å². The smallest absolute Gasteiger partial charge is 0.407 e. The Morgan fingerprint density at radius 1 is 1.07 bits per heavy atom. The summed E-state index contributed by atoms with van der Waals surface area (Å²) in [6.07, 6.45) is 4.06. The van der Waals surface area contributed by atoms with Gasteiger partial charge in [-0.3, -0.25) is 14.8 Å². The lowest BCUT2D eigenvalue weighted by atomic mass is 9.85. The molecule has 1 amide bonds. The SMILES string of the molecule is C=C1CN2CCC2(COc2nc(N3C[C@H]4CC[C@@H](C3)N4C(=O)O)c3cnc(-c4cc(OCOC)cc5cccc(C#C[Si](C(C)C)(C(C)C)C(C)C)c45)c(F)c3n2)C1. The van der Waals surface area contributed by atoms with Crippen molar-refractivity contribution in [3.63, 3.8) is 0 Å². The van der Waals surface area contributed by atoms with E-state index in [-0.39, 0.29) is 41.6 Å². The van der Waals surface area contributed by atoms with Gasteiger partial charge in [-0.2, -0.15) is 9.97 Å². The Morgan fingerprint density at radius 2 is 1.79 bits per heavy atom. The number of nitrogens with zero attached hydrogens (tertiary/aromatic N) is 6. The van der Waals surface area contributed by atoms with Crippen molar-refractivity contribution in [3.8, 4) is 34.5 Å². The molecule has 8 rings (SSSR count). The van der Waals surface area contributed by atoms with Gasteiger partial charge in [-0.1, -0.05) is 71.7 Å². The van der Waals surface area contributed by atoms with Crippen molar-refractivity contribution in [1.82, 2.24) is 24.8 Å². The average Bonchev–Trinajstić information content (AvgIpc) is 3.58. The second-order valence-corrected chi connectivity index (χ2v) is 23.3. The van der Waals surface area contributed by atoms with Crippen LogP contribution in [0.2, 0.25) is 16.6 Å². The second kappa shape index (κ2) is 15.4. The number of halogens is 1. The third-order valence-corrected chi connectivity index (χ3v) is 19.7. The quantitative estimate of drug-likeness (QED) is 0.0684. The van der Waals surface area contributed by atoms with Crippen LogP contribution in [-0.2, 0) is 4.74 Å². The molecule has 4 saturated heterocycles. The summed E-state index contributed by atoms with van der Waals surface area (Å²) in [6, 6.07) is 9.39. The van der Waals surface area contributed by atoms with Gasteiger partial charge in [0, 0.05) is 56.0 Å². The normalized spacial score (nSPS) is 21.9. The zero-order chi connectivity index (χ0) is 41.1. The highest BCUT2D eigenvalue weighted by molar-refractivity contribution is 6.90. The van der Waals surface area contributed by atoms with E-state index in [2.05, 4.69) is 69.4 Å². The van der Waals surface area contributed by atoms with Gasteiger partial charge in [0.05, 0.1) is 23.0 Å². The van der Waals surface area contributed by atoms with E-state index in [1.165, 1.54) is 5.57 Å². The molecule has 4 aliphatic rings. The van der Waals surface area contributed by atoms with E-state index >= 15 is 4.39 Å². The summed E-state index contributed by atoms with van der Waals surface area (Å²) in [5.41, 5.74) is 7.72. The Balaban J connectivity index is 1.29. The Kier molecular flexibility index (Phi) is 10.7. The van der Waals surface area contributed by atoms with Gasteiger partial charge >= 0.3 is 12.1 Å². The summed E-state index contributed by atoms with van der Waals surface area (Å²) in [5.74, 6) is 4.02. The molecule has 0 saturated carbocycles. The number of rotatable bonds is 11. The molecule has 6 heterocycles. The van der Waals surface area contributed by atoms with Gasteiger partial charge in [-0.25, -0.2) is 9.18 Å². The number of methoxy groups -OCH3 is 1. The molecule has 306 valence electrons. The van der Waals surface area contributed by atoms with E-state index < -0.39 is 20.0 Å². The highest BCUT2D eigenvalue weighted by Crippen LogP contribution is 2.45. The number of pyridine rings is 1. The third-order valence-electron chi connectivity index (χ3n) is 13.5.